The summed E-state index contributed by atoms with van der Waals surface area (Å²) in [6.07, 6.45) is 7.05. The van der Waals surface area contributed by atoms with Gasteiger partial charge in [0.15, 0.2) is 0 Å². The lowest BCUT2D eigenvalue weighted by atomic mass is 9.99. The molecule has 654 valence electrons. The van der Waals surface area contributed by atoms with Crippen LogP contribution in [-0.4, -0.2) is 202 Å². The molecular formula is C65H88N12O30P6S6. The second-order valence-corrected chi connectivity index (χ2v) is 32.2. The predicted molar refractivity (Wildman–Crippen MR) is 462 cm³/mol. The highest BCUT2D eigenvalue weighted by atomic mass is 32.7. The maximum absolute atomic E-state index is 12.0. The minimum absolute atomic E-state index is 0.0497. The minimum Gasteiger partial charge on any atom is -0.396 e. The highest BCUT2D eigenvalue weighted by Crippen LogP contribution is 2.39. The zero-order chi connectivity index (χ0) is 89.8. The Hall–Kier alpha value is -5.29. The van der Waals surface area contributed by atoms with Crippen molar-refractivity contribution >= 4 is 134 Å². The molecule has 0 spiro atoms. The van der Waals surface area contributed by atoms with Gasteiger partial charge in [0.2, 0.25) is 0 Å². The van der Waals surface area contributed by atoms with E-state index in [2.05, 4.69) is 45.2 Å². The highest BCUT2D eigenvalue weighted by Gasteiger charge is 2.42. The first-order valence-electron chi connectivity index (χ1n) is 37.8. The minimum atomic E-state index is -0.811. The number of aliphatic hydroxyl groups is 5. The fourth-order valence-corrected chi connectivity index (χ4v) is 15.1. The lowest BCUT2D eigenvalue weighted by Gasteiger charge is -2.17. The molecule has 11 N–H and O–H groups in total. The Bertz CT molecular complexity index is 5250. The molecule has 12 heterocycles. The molecule has 0 saturated carbocycles. The van der Waals surface area contributed by atoms with Crippen LogP contribution in [0.4, 0.5) is 0 Å². The molecule has 6 aliphatic rings. The van der Waals surface area contributed by atoms with Gasteiger partial charge in [-0.1, -0.05) is 51.7 Å². The Balaban J connectivity index is 0.000000186. The number of carbonyl (C=O) groups excluding carboxylic acids is 1. The number of aromatic amines is 6. The van der Waals surface area contributed by atoms with Crippen LogP contribution < -0.4 is 67.5 Å². The van der Waals surface area contributed by atoms with Gasteiger partial charge in [-0.3, -0.25) is 86.1 Å². The lowest BCUT2D eigenvalue weighted by Crippen LogP contribution is -2.31. The van der Waals surface area contributed by atoms with Crippen LogP contribution in [0.5, 0.6) is 0 Å². The third-order valence-electron chi connectivity index (χ3n) is 18.1. The fourth-order valence-electron chi connectivity index (χ4n) is 12.4. The SMILES string of the molecule is O=c1ccn([C@H]2C[C@H](O)[C@@H](CO)O2)c(=O)[nH]1.[3H]PSOC[C@H]1O[C@@H](n2ccc(=O)[nH]c2=O)C[C@@H]1/C=C/c1ccccc1.[3H]PSOC[C@H]1O[C@@H](n2ccc(=O)[nH]c2=O)C[C@@H]1C=O.[3H]PSOC[C@H]1O[C@@H](n2ccc(=O)[nH]c2=O)C[C@@H]1CO.[3H]PSOC[C@H]1O[C@@H](n2ccc(=O)[nH]c2=O)C[C@@H]1O.[3H]PSOC[C@H]1O[C@@H](n2ccc(=O)[nH]c2=O)C[C@@H]1OSC(O)P. The number of aliphatic hydroxyl groups excluding tert-OH is 5. The van der Waals surface area contributed by atoms with Gasteiger partial charge < -0.3 is 83.8 Å². The topological polar surface area (TPSA) is 558 Å². The first kappa shape index (κ1) is 91.4. The first-order chi connectivity index (χ1) is 59.7. The average molecular weight is 1910 g/mol. The van der Waals surface area contributed by atoms with E-state index in [4.69, 9.17) is 65.0 Å². The van der Waals surface area contributed by atoms with Gasteiger partial charge in [0, 0.05) is 207 Å². The zero-order valence-electron chi connectivity index (χ0n) is 66.9. The molecule has 25 atom stereocenters. The molecule has 0 radical (unpaired) electrons. The molecular weight excluding hydrogens is 1810 g/mol. The quantitative estimate of drug-likeness (QED) is 0.00876. The number of rotatable bonds is 34. The van der Waals surface area contributed by atoms with E-state index in [-0.39, 0.29) is 124 Å². The van der Waals surface area contributed by atoms with E-state index in [0.29, 0.717) is 32.3 Å². The summed E-state index contributed by atoms with van der Waals surface area (Å²) in [5, 5.41) is 46.0. The molecule has 119 heavy (non-hydrogen) atoms. The van der Waals surface area contributed by atoms with Crippen molar-refractivity contribution in [1.29, 1.82) is 6.39 Å². The Kier molecular flexibility index (Phi) is 39.3. The van der Waals surface area contributed by atoms with E-state index < -0.39 is 153 Å². The molecule has 42 nitrogen and oxygen atoms in total. The molecule has 0 aliphatic carbocycles. The van der Waals surface area contributed by atoms with Crippen LogP contribution in [-0.2, 0) is 58.3 Å². The molecule has 6 fully saturated rings. The van der Waals surface area contributed by atoms with E-state index >= 15 is 0 Å². The van der Waals surface area contributed by atoms with E-state index in [1.54, 1.807) is 0 Å². The van der Waals surface area contributed by atoms with Crippen LogP contribution in [0.3, 0.4) is 0 Å². The summed E-state index contributed by atoms with van der Waals surface area (Å²) < 4.78 is 108. The van der Waals surface area contributed by atoms with E-state index in [9.17, 15) is 82.8 Å². The van der Waals surface area contributed by atoms with Crippen LogP contribution in [0.25, 0.3) is 6.08 Å². The van der Waals surface area contributed by atoms with Crippen molar-refractivity contribution in [2.45, 2.75) is 136 Å². The fraction of sp³-hybridized carbons (Fsp3) is 0.492. The molecule has 7 unspecified atom stereocenters. The van der Waals surface area contributed by atoms with Gasteiger partial charge in [0.05, 0.1) is 76.6 Å². The smallest absolute Gasteiger partial charge is 0.330 e. The summed E-state index contributed by atoms with van der Waals surface area (Å²) in [6.45, 7) is 0.696. The number of aromatic nitrogens is 12. The largest absolute Gasteiger partial charge is 0.396 e. The third kappa shape index (κ3) is 30.5. The highest BCUT2D eigenvalue weighted by molar-refractivity contribution is 8.41. The van der Waals surface area contributed by atoms with Crippen molar-refractivity contribution in [3.05, 3.63) is 241 Å². The molecule has 13 rings (SSSR count). The molecule has 6 aromatic heterocycles. The molecule has 7 aromatic rings. The number of H-pyrrole nitrogens is 6. The van der Waals surface area contributed by atoms with Gasteiger partial charge in [-0.2, -0.15) is 0 Å². The van der Waals surface area contributed by atoms with Gasteiger partial charge in [0.1, 0.15) is 73.2 Å². The standard InChI is InChI=1S/C17H19N2O4PS.C10H16N2O6P2S2.C10H15N2O5PS.C10H13N2O5PS.C9H13N2O5PS.C9H12N2O5/c20-15-8-9-19(17(21)18-15)16-10-13(14(23-16)11-22-25-24)7-6-12-4-2-1-3-5-12;13-7-1-2-12(9(14)11-7)8-3-5(18-21-10(15)19)6(17-8)4-16-22-20;2*13-4-6-3-9(17-7(6)5-16-19-18)12-2-1-8(14)11-10(12)15;12-5-3-8(16-6(5)4-15-18-17)11-2-1-7(13)10-9(11)14;12-4-6-5(13)3-8(16-6)11-2-1-7(14)10-9(11)15/h1-9,13-14,16H,10-11,24H2,(H,18,20,21);1-2,5-6,8,10,15H,3-4,19-20H2,(H,11,13,14);1-2,6-7,9,13H,3-5,18H2,(H,11,14,15);1-2,4,6-7,9H,3,5,18H2,(H,11,14,15);1-2,5-6,8,12H,3-4,17H2,(H,10,13,14);1-2,5-6,8,12-13H,3-4H2,(H,10,14,15)/b7-6+;;;;;/t13-,14+,16+;5-,6+,8+,10?;2*6-,7-,9-;2*5-,6+,8+/m001100/s1/i24T;20T;2*18T;17T;/t13-,14+,16+,24?;5-,6+,8+,10?,20?;2*6-,7-,9-,18?;5-,6+,8+,17?;. The van der Waals surface area contributed by atoms with Gasteiger partial charge in [0.25, 0.3) is 33.4 Å². The summed E-state index contributed by atoms with van der Waals surface area (Å²) in [6, 6.07) is 17.4. The summed E-state index contributed by atoms with van der Waals surface area (Å²) in [4.78, 5) is 160. The zero-order valence-corrected chi connectivity index (χ0v) is 72.9. The Morgan fingerprint density at radius 1 is 0.420 bits per heavy atom. The number of ether oxygens (including phenoxy) is 6. The molecule has 6 saturated heterocycles. The van der Waals surface area contributed by atoms with Crippen LogP contribution in [0.1, 0.15) is 81.5 Å². The number of hydrogen-bond acceptors (Lipinski definition) is 36. The van der Waals surface area contributed by atoms with Crippen molar-refractivity contribution < 1.29 is 83.8 Å². The first-order valence-corrected chi connectivity index (χ1v) is 46.6. The van der Waals surface area contributed by atoms with Crippen molar-refractivity contribution in [1.82, 2.24) is 57.3 Å². The molecule has 54 heteroatoms. The van der Waals surface area contributed by atoms with E-state index in [1.165, 1.54) is 101 Å². The van der Waals surface area contributed by atoms with Crippen LogP contribution >= 0.6 is 122 Å². The number of carbonyl (C=O) groups is 1. The van der Waals surface area contributed by atoms with E-state index in [1.807, 2.05) is 36.4 Å². The van der Waals surface area contributed by atoms with E-state index in [0.717, 1.165) is 82.2 Å². The number of hydrogen-bond donors (Lipinski definition) is 11. The van der Waals surface area contributed by atoms with Crippen molar-refractivity contribution in [2.24, 2.45) is 17.8 Å². The van der Waals surface area contributed by atoms with Crippen molar-refractivity contribution in [3.63, 3.8) is 0 Å². The number of nitrogens with one attached hydrogen (secondary N) is 6. The summed E-state index contributed by atoms with van der Waals surface area (Å²) in [5.74, 6) is -0.476. The normalized spacial score (nSPS) is 27.4. The Morgan fingerprint density at radius 3 is 1.11 bits per heavy atom. The number of benzene rings is 1. The summed E-state index contributed by atoms with van der Waals surface area (Å²) in [5.41, 5.74) is -5.08. The maximum atomic E-state index is 12.0. The predicted octanol–water partition coefficient (Wildman–Crippen LogP) is 0.871. The Labute approximate surface area is 717 Å². The van der Waals surface area contributed by atoms with Crippen LogP contribution in [0.15, 0.2) is 168 Å². The van der Waals surface area contributed by atoms with Crippen LogP contribution in [0, 0.1) is 17.8 Å². The second kappa shape index (κ2) is 51.2. The molecule has 6 aliphatic heterocycles. The summed E-state index contributed by atoms with van der Waals surface area (Å²) >= 11 is 5.97. The molecule has 1 aromatic carbocycles. The average Bonchev–Trinajstić information content (AvgIpc) is 1.60. The summed E-state index contributed by atoms with van der Waals surface area (Å²) in [7, 11) is 1.47. The van der Waals surface area contributed by atoms with Crippen molar-refractivity contribution in [3.8, 4) is 0 Å². The van der Waals surface area contributed by atoms with Gasteiger partial charge in [-0.15, -0.1) is 0 Å². The Morgan fingerprint density at radius 2 is 0.739 bits per heavy atom. The molecule has 0 amide bonds. The second-order valence-electron chi connectivity index (χ2n) is 25.7. The molecule has 0 bridgehead atoms. The van der Waals surface area contributed by atoms with Crippen LogP contribution in [0.2, 0.25) is 0 Å². The lowest BCUT2D eigenvalue weighted by molar-refractivity contribution is -0.113. The maximum Gasteiger partial charge on any atom is 0.330 e. The van der Waals surface area contributed by atoms with Crippen molar-refractivity contribution in [2.75, 3.05) is 46.2 Å². The van der Waals surface area contributed by atoms with Gasteiger partial charge in [-0.05, 0) is 47.5 Å². The number of nitrogens with zero attached hydrogens (tertiary/aromatic N) is 6. The third-order valence-corrected chi connectivity index (χ3v) is 22.1. The van der Waals surface area contributed by atoms with Gasteiger partial charge >= 0.3 is 34.1 Å². The monoisotopic (exact) mass is 1900 g/mol. The van der Waals surface area contributed by atoms with Gasteiger partial charge in [-0.25, -0.2) is 28.8 Å². The number of aldehydes is 1.